The Hall–Kier alpha value is -1.87. The summed E-state index contributed by atoms with van der Waals surface area (Å²) in [6.07, 6.45) is 0. The smallest absolute Gasteiger partial charge is 0.312 e. The first-order valence-corrected chi connectivity index (χ1v) is 8.33. The van der Waals surface area contributed by atoms with E-state index in [4.69, 9.17) is 27.9 Å². The molecule has 0 bridgehead atoms. The van der Waals surface area contributed by atoms with Crippen LogP contribution in [0.3, 0.4) is 0 Å². The van der Waals surface area contributed by atoms with Crippen LogP contribution in [0.2, 0.25) is 10.0 Å². The van der Waals surface area contributed by atoms with Crippen LogP contribution in [0, 0.1) is 10.1 Å². The van der Waals surface area contributed by atoms with Gasteiger partial charge in [-0.25, -0.2) is 13.1 Å². The molecule has 0 spiro atoms. The van der Waals surface area contributed by atoms with E-state index in [1.165, 1.54) is 37.4 Å². The maximum Gasteiger partial charge on any atom is 0.312 e. The number of halogens is 2. The number of hydrogen-bond acceptors (Lipinski definition) is 5. The fraction of sp³-hybridized carbons (Fsp3) is 0.0769. The van der Waals surface area contributed by atoms with Gasteiger partial charge in [0, 0.05) is 12.1 Å². The molecular weight excluding hydrogens is 367 g/mol. The summed E-state index contributed by atoms with van der Waals surface area (Å²) in [4.78, 5) is 10.2. The second-order valence-electron chi connectivity index (χ2n) is 4.27. The van der Waals surface area contributed by atoms with Crippen LogP contribution < -0.4 is 9.46 Å². The third-order valence-electron chi connectivity index (χ3n) is 2.83. The second-order valence-corrected chi connectivity index (χ2v) is 6.97. The Kier molecular flexibility index (Phi) is 5.10. The molecule has 1 N–H and O–H groups in total. The molecule has 0 unspecified atom stereocenters. The first kappa shape index (κ1) is 17.5. The molecule has 0 fully saturated rings. The first-order chi connectivity index (χ1) is 10.7. The van der Waals surface area contributed by atoms with Gasteiger partial charge in [-0.15, -0.1) is 0 Å². The van der Waals surface area contributed by atoms with Gasteiger partial charge in [-0.2, -0.15) is 0 Å². The second kappa shape index (κ2) is 6.71. The molecule has 10 heteroatoms. The van der Waals surface area contributed by atoms with Crippen molar-refractivity contribution in [2.45, 2.75) is 4.90 Å². The molecule has 0 aliphatic heterocycles. The molecule has 0 radical (unpaired) electrons. The summed E-state index contributed by atoms with van der Waals surface area (Å²) in [6.45, 7) is 0. The zero-order valence-corrected chi connectivity index (χ0v) is 13.9. The molecule has 0 atom stereocenters. The zero-order chi connectivity index (χ0) is 17.2. The highest BCUT2D eigenvalue weighted by molar-refractivity contribution is 7.89. The number of nitrogens with zero attached hydrogens (tertiary/aromatic N) is 1. The van der Waals surface area contributed by atoms with Gasteiger partial charge in [0.15, 0.2) is 0 Å². The van der Waals surface area contributed by atoms with E-state index in [1.54, 1.807) is 0 Å². The number of nitro groups is 1. The molecule has 122 valence electrons. The van der Waals surface area contributed by atoms with Crippen molar-refractivity contribution in [3.63, 3.8) is 0 Å². The van der Waals surface area contributed by atoms with E-state index >= 15 is 0 Å². The normalized spacial score (nSPS) is 11.3. The number of nitrogens with one attached hydrogen (secondary N) is 1. The van der Waals surface area contributed by atoms with Crippen LogP contribution >= 0.6 is 23.2 Å². The molecule has 0 aromatic heterocycles. The van der Waals surface area contributed by atoms with E-state index in [0.29, 0.717) is 5.02 Å². The standard InChI is InChI=1S/C13H10Cl2N2O5S/c1-16-23(20,21)9-3-5-13(12(7-9)17(18)19)22-8-2-4-10(14)11(15)6-8/h2-7,16H,1H3. The van der Waals surface area contributed by atoms with Crippen molar-refractivity contribution in [2.24, 2.45) is 0 Å². The van der Waals surface area contributed by atoms with Gasteiger partial charge in [-0.3, -0.25) is 10.1 Å². The molecule has 0 heterocycles. The summed E-state index contributed by atoms with van der Waals surface area (Å²) in [6, 6.07) is 7.67. The highest BCUT2D eigenvalue weighted by atomic mass is 35.5. The van der Waals surface area contributed by atoms with Gasteiger partial charge in [0.25, 0.3) is 0 Å². The number of hydrogen-bond donors (Lipinski definition) is 1. The summed E-state index contributed by atoms with van der Waals surface area (Å²) in [5, 5.41) is 11.7. The van der Waals surface area contributed by atoms with E-state index in [-0.39, 0.29) is 21.4 Å². The molecular formula is C13H10Cl2N2O5S. The number of nitro benzene ring substituents is 1. The van der Waals surface area contributed by atoms with Crippen molar-refractivity contribution < 1.29 is 18.1 Å². The lowest BCUT2D eigenvalue weighted by atomic mass is 10.3. The van der Waals surface area contributed by atoms with E-state index in [9.17, 15) is 18.5 Å². The first-order valence-electron chi connectivity index (χ1n) is 6.09. The van der Waals surface area contributed by atoms with Gasteiger partial charge in [0.1, 0.15) is 5.75 Å². The Morgan fingerprint density at radius 2 is 1.83 bits per heavy atom. The summed E-state index contributed by atoms with van der Waals surface area (Å²) in [7, 11) is -2.60. The Morgan fingerprint density at radius 3 is 2.39 bits per heavy atom. The van der Waals surface area contributed by atoms with Gasteiger partial charge in [0.2, 0.25) is 15.8 Å². The molecule has 0 amide bonds. The van der Waals surface area contributed by atoms with Gasteiger partial charge < -0.3 is 4.74 Å². The number of benzene rings is 2. The lowest BCUT2D eigenvalue weighted by Crippen LogP contribution is -2.18. The fourth-order valence-electron chi connectivity index (χ4n) is 1.68. The molecule has 2 rings (SSSR count). The van der Waals surface area contributed by atoms with Gasteiger partial charge >= 0.3 is 5.69 Å². The maximum absolute atomic E-state index is 11.7. The Balaban J connectivity index is 2.46. The third kappa shape index (κ3) is 3.91. The molecule has 2 aromatic carbocycles. The summed E-state index contributed by atoms with van der Waals surface area (Å²) < 4.78 is 30.9. The predicted molar refractivity (Wildman–Crippen MR) is 85.9 cm³/mol. The van der Waals surface area contributed by atoms with Crippen molar-refractivity contribution in [2.75, 3.05) is 7.05 Å². The van der Waals surface area contributed by atoms with Crippen LogP contribution in [0.15, 0.2) is 41.3 Å². The predicted octanol–water partition coefficient (Wildman–Crippen LogP) is 3.60. The molecule has 0 saturated heterocycles. The zero-order valence-electron chi connectivity index (χ0n) is 11.6. The van der Waals surface area contributed by atoms with E-state index < -0.39 is 20.6 Å². The minimum absolute atomic E-state index is 0.122. The Morgan fingerprint density at radius 1 is 1.13 bits per heavy atom. The van der Waals surface area contributed by atoms with Gasteiger partial charge in [0.05, 0.1) is 19.9 Å². The molecule has 0 saturated carbocycles. The largest absolute Gasteiger partial charge is 0.450 e. The highest BCUT2D eigenvalue weighted by Gasteiger charge is 2.22. The minimum atomic E-state index is -3.80. The molecule has 2 aromatic rings. The molecule has 0 aliphatic rings. The van der Waals surface area contributed by atoms with E-state index in [0.717, 1.165) is 6.07 Å². The summed E-state index contributed by atoms with van der Waals surface area (Å²) >= 11 is 11.6. The number of ether oxygens (including phenoxy) is 1. The SMILES string of the molecule is CNS(=O)(=O)c1ccc(Oc2ccc(Cl)c(Cl)c2)c([N+](=O)[O-])c1. The topological polar surface area (TPSA) is 98.5 Å². The van der Waals surface area contributed by atoms with Crippen LogP contribution in [0.1, 0.15) is 0 Å². The van der Waals surface area contributed by atoms with Crippen molar-refractivity contribution in [3.05, 3.63) is 56.6 Å². The Labute approximate surface area is 142 Å². The van der Waals surface area contributed by atoms with Crippen molar-refractivity contribution >= 4 is 38.9 Å². The van der Waals surface area contributed by atoms with E-state index in [1.807, 2.05) is 0 Å². The van der Waals surface area contributed by atoms with Gasteiger partial charge in [-0.1, -0.05) is 23.2 Å². The summed E-state index contributed by atoms with van der Waals surface area (Å²) in [5.41, 5.74) is -0.493. The minimum Gasteiger partial charge on any atom is -0.450 e. The molecule has 23 heavy (non-hydrogen) atoms. The van der Waals surface area contributed by atoms with Crippen molar-refractivity contribution in [3.8, 4) is 11.5 Å². The monoisotopic (exact) mass is 376 g/mol. The molecule has 0 aliphatic carbocycles. The molecule has 7 nitrogen and oxygen atoms in total. The van der Waals surface area contributed by atoms with Gasteiger partial charge in [-0.05, 0) is 31.3 Å². The van der Waals surface area contributed by atoms with Crippen LogP contribution in [-0.4, -0.2) is 20.4 Å². The highest BCUT2D eigenvalue weighted by Crippen LogP contribution is 2.35. The van der Waals surface area contributed by atoms with Crippen molar-refractivity contribution in [1.29, 1.82) is 0 Å². The van der Waals surface area contributed by atoms with Crippen LogP contribution in [0.4, 0.5) is 5.69 Å². The fourth-order valence-corrected chi connectivity index (χ4v) is 2.72. The average molecular weight is 377 g/mol. The Bertz CT molecular complexity index is 871. The number of sulfonamides is 1. The average Bonchev–Trinajstić information content (AvgIpc) is 2.51. The van der Waals surface area contributed by atoms with Crippen LogP contribution in [0.5, 0.6) is 11.5 Å². The number of rotatable bonds is 5. The lowest BCUT2D eigenvalue weighted by Gasteiger charge is -2.09. The van der Waals surface area contributed by atoms with Crippen LogP contribution in [-0.2, 0) is 10.0 Å². The lowest BCUT2D eigenvalue weighted by molar-refractivity contribution is -0.385. The quantitative estimate of drug-likeness (QED) is 0.634. The van der Waals surface area contributed by atoms with Crippen LogP contribution in [0.25, 0.3) is 0 Å². The maximum atomic E-state index is 11.7. The van der Waals surface area contributed by atoms with Crippen molar-refractivity contribution in [1.82, 2.24) is 4.72 Å². The summed E-state index contributed by atoms with van der Waals surface area (Å²) in [5.74, 6) is 0.107. The third-order valence-corrected chi connectivity index (χ3v) is 4.98. The van der Waals surface area contributed by atoms with E-state index in [2.05, 4.69) is 4.72 Å².